The number of nitro groups is 1. The van der Waals surface area contributed by atoms with Crippen LogP contribution in [0.4, 0.5) is 11.4 Å². The number of para-hydroxylation sites is 2. The molecule has 0 radical (unpaired) electrons. The van der Waals surface area contributed by atoms with Gasteiger partial charge in [0.25, 0.3) is 5.69 Å². The Balaban J connectivity index is 1.84. The van der Waals surface area contributed by atoms with E-state index in [1.807, 2.05) is 24.3 Å². The van der Waals surface area contributed by atoms with Crippen LogP contribution in [0.25, 0.3) is 0 Å². The molecule has 0 bridgehead atoms. The molecule has 0 spiro atoms. The highest BCUT2D eigenvalue weighted by Gasteiger charge is 2.25. The molecule has 5 heteroatoms. The highest BCUT2D eigenvalue weighted by molar-refractivity contribution is 5.97. The summed E-state index contributed by atoms with van der Waals surface area (Å²) in [6, 6.07) is 14.2. The number of carbonyl (C=O) groups excluding carboxylic acids is 1. The molecule has 0 aromatic heterocycles. The van der Waals surface area contributed by atoms with Gasteiger partial charge in [0.2, 0.25) is 5.91 Å². The van der Waals surface area contributed by atoms with Gasteiger partial charge in [-0.1, -0.05) is 36.4 Å². The first-order chi connectivity index (χ1) is 10.2. The van der Waals surface area contributed by atoms with Crippen molar-refractivity contribution in [1.82, 2.24) is 0 Å². The Hall–Kier alpha value is -2.69. The number of hydrogen-bond donors (Lipinski definition) is 0. The molecule has 1 amide bonds. The largest absolute Gasteiger partial charge is 0.312 e. The Morgan fingerprint density at radius 2 is 1.86 bits per heavy atom. The molecule has 106 valence electrons. The highest BCUT2D eigenvalue weighted by Crippen LogP contribution is 2.28. The third kappa shape index (κ3) is 2.50. The minimum atomic E-state index is -0.444. The van der Waals surface area contributed by atoms with Gasteiger partial charge in [-0.05, 0) is 18.1 Å². The number of nitrogens with zero attached hydrogens (tertiary/aromatic N) is 2. The monoisotopic (exact) mass is 282 g/mol. The third-order valence-corrected chi connectivity index (χ3v) is 3.72. The van der Waals surface area contributed by atoms with E-state index in [2.05, 4.69) is 0 Å². The van der Waals surface area contributed by atoms with Gasteiger partial charge in [-0.25, -0.2) is 0 Å². The van der Waals surface area contributed by atoms with Crippen LogP contribution in [0.3, 0.4) is 0 Å². The zero-order chi connectivity index (χ0) is 14.8. The fourth-order valence-electron chi connectivity index (χ4n) is 2.69. The molecule has 21 heavy (non-hydrogen) atoms. The van der Waals surface area contributed by atoms with E-state index in [0.29, 0.717) is 12.1 Å². The summed E-state index contributed by atoms with van der Waals surface area (Å²) in [6.45, 7) is 0.638. The number of carbonyl (C=O) groups is 1. The Morgan fingerprint density at radius 1 is 1.14 bits per heavy atom. The fourth-order valence-corrected chi connectivity index (χ4v) is 2.69. The van der Waals surface area contributed by atoms with Gasteiger partial charge in [-0.2, -0.15) is 0 Å². The number of nitro benzene ring substituents is 1. The standard InChI is InChI=1S/C16H14N2O3/c19-16(11-13-6-2-4-8-15(13)18(20)21)17-10-9-12-5-1-3-7-14(12)17/h1-8H,9-11H2. The van der Waals surface area contributed by atoms with Gasteiger partial charge in [0.05, 0.1) is 11.3 Å². The van der Waals surface area contributed by atoms with E-state index in [4.69, 9.17) is 0 Å². The third-order valence-electron chi connectivity index (χ3n) is 3.72. The molecule has 1 aliphatic heterocycles. The molecule has 0 aliphatic carbocycles. The number of benzene rings is 2. The van der Waals surface area contributed by atoms with Crippen molar-refractivity contribution in [3.8, 4) is 0 Å². The zero-order valence-corrected chi connectivity index (χ0v) is 11.4. The van der Waals surface area contributed by atoms with E-state index in [0.717, 1.165) is 17.7 Å². The summed E-state index contributed by atoms with van der Waals surface area (Å²) >= 11 is 0. The van der Waals surface area contributed by atoms with Gasteiger partial charge < -0.3 is 4.90 Å². The molecule has 5 nitrogen and oxygen atoms in total. The van der Waals surface area contributed by atoms with Gasteiger partial charge in [-0.3, -0.25) is 14.9 Å². The summed E-state index contributed by atoms with van der Waals surface area (Å²) in [5, 5.41) is 11.0. The fraction of sp³-hybridized carbons (Fsp3) is 0.188. The molecule has 1 aliphatic rings. The zero-order valence-electron chi connectivity index (χ0n) is 11.4. The summed E-state index contributed by atoms with van der Waals surface area (Å²) in [5.41, 5.74) is 2.52. The van der Waals surface area contributed by atoms with Crippen LogP contribution in [-0.2, 0) is 17.6 Å². The predicted molar refractivity (Wildman–Crippen MR) is 79.3 cm³/mol. The first-order valence-electron chi connectivity index (χ1n) is 6.77. The molecule has 3 rings (SSSR count). The minimum absolute atomic E-state index is 0.00154. The maximum atomic E-state index is 12.5. The second kappa shape index (κ2) is 5.36. The first-order valence-corrected chi connectivity index (χ1v) is 6.77. The minimum Gasteiger partial charge on any atom is -0.312 e. The van der Waals surface area contributed by atoms with Gasteiger partial charge in [0.15, 0.2) is 0 Å². The average Bonchev–Trinajstić information content (AvgIpc) is 2.91. The molecule has 1 heterocycles. The van der Waals surface area contributed by atoms with E-state index in [9.17, 15) is 14.9 Å². The molecule has 0 atom stereocenters. The van der Waals surface area contributed by atoms with Gasteiger partial charge in [0, 0.05) is 23.9 Å². The van der Waals surface area contributed by atoms with Gasteiger partial charge >= 0.3 is 0 Å². The Morgan fingerprint density at radius 3 is 2.67 bits per heavy atom. The summed E-state index contributed by atoms with van der Waals surface area (Å²) in [5.74, 6) is -0.103. The van der Waals surface area contributed by atoms with Crippen molar-refractivity contribution >= 4 is 17.3 Å². The first kappa shape index (κ1) is 13.3. The molecule has 0 saturated heterocycles. The van der Waals surface area contributed by atoms with Crippen LogP contribution in [0.15, 0.2) is 48.5 Å². The predicted octanol–water partition coefficient (Wildman–Crippen LogP) is 2.73. The molecular weight excluding hydrogens is 268 g/mol. The molecule has 0 N–H and O–H groups in total. The second-order valence-corrected chi connectivity index (χ2v) is 4.99. The smallest absolute Gasteiger partial charge is 0.273 e. The normalized spacial score (nSPS) is 13.0. The van der Waals surface area contributed by atoms with Crippen LogP contribution in [0.2, 0.25) is 0 Å². The Kier molecular flexibility index (Phi) is 3.39. The lowest BCUT2D eigenvalue weighted by Gasteiger charge is -2.17. The molecule has 2 aromatic rings. The van der Waals surface area contributed by atoms with Crippen molar-refractivity contribution in [2.75, 3.05) is 11.4 Å². The van der Waals surface area contributed by atoms with E-state index in [1.54, 1.807) is 23.1 Å². The Bertz CT molecular complexity index is 712. The Labute approximate surface area is 122 Å². The molecule has 0 saturated carbocycles. The maximum absolute atomic E-state index is 12.5. The topological polar surface area (TPSA) is 63.4 Å². The lowest BCUT2D eigenvalue weighted by Crippen LogP contribution is -2.30. The maximum Gasteiger partial charge on any atom is 0.273 e. The molecule has 0 fully saturated rings. The van der Waals surface area contributed by atoms with E-state index >= 15 is 0 Å². The molecule has 2 aromatic carbocycles. The van der Waals surface area contributed by atoms with Crippen molar-refractivity contribution in [1.29, 1.82) is 0 Å². The molecular formula is C16H14N2O3. The number of amides is 1. The summed E-state index contributed by atoms with van der Waals surface area (Å²) in [4.78, 5) is 24.7. The van der Waals surface area contributed by atoms with Crippen molar-refractivity contribution in [2.24, 2.45) is 0 Å². The van der Waals surface area contributed by atoms with E-state index in [1.165, 1.54) is 6.07 Å². The summed E-state index contributed by atoms with van der Waals surface area (Å²) in [7, 11) is 0. The van der Waals surface area contributed by atoms with Crippen LogP contribution in [-0.4, -0.2) is 17.4 Å². The lowest BCUT2D eigenvalue weighted by molar-refractivity contribution is -0.385. The number of anilines is 1. The summed E-state index contributed by atoms with van der Waals surface area (Å²) < 4.78 is 0. The van der Waals surface area contributed by atoms with Crippen molar-refractivity contribution in [2.45, 2.75) is 12.8 Å². The van der Waals surface area contributed by atoms with Crippen LogP contribution in [0, 0.1) is 10.1 Å². The van der Waals surface area contributed by atoms with E-state index in [-0.39, 0.29) is 18.0 Å². The quantitative estimate of drug-likeness (QED) is 0.642. The summed E-state index contributed by atoms with van der Waals surface area (Å²) in [6.07, 6.45) is 0.879. The number of fused-ring (bicyclic) bond motifs is 1. The van der Waals surface area contributed by atoms with Crippen molar-refractivity contribution in [3.63, 3.8) is 0 Å². The van der Waals surface area contributed by atoms with Crippen molar-refractivity contribution in [3.05, 3.63) is 69.8 Å². The number of rotatable bonds is 3. The van der Waals surface area contributed by atoms with E-state index < -0.39 is 4.92 Å². The SMILES string of the molecule is O=C(Cc1ccccc1[N+](=O)[O-])N1CCc2ccccc21. The average molecular weight is 282 g/mol. The van der Waals surface area contributed by atoms with Gasteiger partial charge in [0.1, 0.15) is 0 Å². The van der Waals surface area contributed by atoms with Gasteiger partial charge in [-0.15, -0.1) is 0 Å². The highest BCUT2D eigenvalue weighted by atomic mass is 16.6. The van der Waals surface area contributed by atoms with Crippen LogP contribution < -0.4 is 4.90 Å². The van der Waals surface area contributed by atoms with Crippen LogP contribution >= 0.6 is 0 Å². The van der Waals surface area contributed by atoms with Crippen molar-refractivity contribution < 1.29 is 9.72 Å². The molecule has 0 unspecified atom stereocenters. The van der Waals surface area contributed by atoms with Crippen LogP contribution in [0.5, 0.6) is 0 Å². The lowest BCUT2D eigenvalue weighted by atomic mass is 10.1. The van der Waals surface area contributed by atoms with Crippen LogP contribution in [0.1, 0.15) is 11.1 Å². The number of hydrogen-bond acceptors (Lipinski definition) is 3. The second-order valence-electron chi connectivity index (χ2n) is 4.99.